The molecule has 0 aliphatic rings. The molecular formula is C15H14N2O2S. The van der Waals surface area contributed by atoms with Crippen LogP contribution in [0.3, 0.4) is 0 Å². The molecule has 20 heavy (non-hydrogen) atoms. The predicted molar refractivity (Wildman–Crippen MR) is 79.9 cm³/mol. The third-order valence-electron chi connectivity index (χ3n) is 2.50. The summed E-state index contributed by atoms with van der Waals surface area (Å²) in [7, 11) is 0. The third-order valence-corrected chi connectivity index (χ3v) is 3.27. The van der Waals surface area contributed by atoms with Gasteiger partial charge in [-0.1, -0.05) is 11.8 Å². The van der Waals surface area contributed by atoms with Crippen molar-refractivity contribution >= 4 is 22.9 Å². The highest BCUT2D eigenvalue weighted by Gasteiger charge is 2.10. The number of amides is 1. The second-order valence-electron chi connectivity index (χ2n) is 4.25. The summed E-state index contributed by atoms with van der Waals surface area (Å²) in [5, 5.41) is 14.1. The lowest BCUT2D eigenvalue weighted by Gasteiger charge is -2.05. The number of thiazole rings is 1. The Morgan fingerprint density at radius 1 is 1.40 bits per heavy atom. The number of aromatic nitrogens is 1. The highest BCUT2D eigenvalue weighted by molar-refractivity contribution is 7.09. The summed E-state index contributed by atoms with van der Waals surface area (Å²) >= 11 is 1.44. The van der Waals surface area contributed by atoms with Gasteiger partial charge >= 0.3 is 0 Å². The van der Waals surface area contributed by atoms with Crippen LogP contribution < -0.4 is 5.32 Å². The summed E-state index contributed by atoms with van der Waals surface area (Å²) in [5.41, 5.74) is 2.82. The van der Waals surface area contributed by atoms with Gasteiger partial charge in [-0.05, 0) is 37.6 Å². The quantitative estimate of drug-likeness (QED) is 0.833. The molecule has 0 unspecified atom stereocenters. The molecule has 2 aromatic rings. The van der Waals surface area contributed by atoms with E-state index in [0.29, 0.717) is 11.4 Å². The van der Waals surface area contributed by atoms with Crippen molar-refractivity contribution in [3.05, 3.63) is 45.4 Å². The molecule has 0 aliphatic heterocycles. The van der Waals surface area contributed by atoms with E-state index >= 15 is 0 Å². The Morgan fingerprint density at radius 3 is 2.85 bits per heavy atom. The number of aliphatic hydroxyl groups is 1. The Hall–Kier alpha value is -2.16. The van der Waals surface area contributed by atoms with Gasteiger partial charge in [-0.3, -0.25) is 4.79 Å². The lowest BCUT2D eigenvalue weighted by atomic mass is 10.1. The zero-order chi connectivity index (χ0) is 14.5. The summed E-state index contributed by atoms with van der Waals surface area (Å²) in [6.07, 6.45) is 0. The molecule has 0 saturated heterocycles. The molecule has 0 saturated carbocycles. The monoisotopic (exact) mass is 286 g/mol. The van der Waals surface area contributed by atoms with E-state index in [0.717, 1.165) is 16.1 Å². The normalized spacial score (nSPS) is 9.75. The topological polar surface area (TPSA) is 62.2 Å². The van der Waals surface area contributed by atoms with Crippen LogP contribution in [0.15, 0.2) is 23.6 Å². The minimum Gasteiger partial charge on any atom is -0.384 e. The van der Waals surface area contributed by atoms with E-state index < -0.39 is 0 Å². The highest BCUT2D eigenvalue weighted by atomic mass is 32.1. The van der Waals surface area contributed by atoms with E-state index in [9.17, 15) is 4.79 Å². The molecule has 1 amide bonds. The average Bonchev–Trinajstić information content (AvgIpc) is 2.82. The fraction of sp³-hybridized carbons (Fsp3) is 0.200. The molecule has 0 spiro atoms. The summed E-state index contributed by atoms with van der Waals surface area (Å²) < 4.78 is 0. The number of anilines is 1. The number of benzene rings is 1. The Kier molecular flexibility index (Phi) is 4.51. The fourth-order valence-electron chi connectivity index (χ4n) is 1.73. The first-order valence-electron chi connectivity index (χ1n) is 6.03. The molecule has 0 radical (unpaired) electrons. The molecule has 5 heteroatoms. The molecule has 102 valence electrons. The van der Waals surface area contributed by atoms with E-state index in [1.807, 2.05) is 26.0 Å². The molecule has 0 fully saturated rings. The number of hydrogen-bond acceptors (Lipinski definition) is 4. The Morgan fingerprint density at radius 2 is 2.20 bits per heavy atom. The van der Waals surface area contributed by atoms with Crippen molar-refractivity contribution in [1.82, 2.24) is 4.98 Å². The second kappa shape index (κ2) is 6.33. The number of aliphatic hydroxyl groups excluding tert-OH is 1. The van der Waals surface area contributed by atoms with Gasteiger partial charge in [-0.25, -0.2) is 4.98 Å². The first-order valence-corrected chi connectivity index (χ1v) is 6.91. The van der Waals surface area contributed by atoms with Gasteiger partial charge < -0.3 is 10.4 Å². The summed E-state index contributed by atoms with van der Waals surface area (Å²) in [4.78, 5) is 16.2. The van der Waals surface area contributed by atoms with Gasteiger partial charge in [-0.15, -0.1) is 11.3 Å². The van der Waals surface area contributed by atoms with Crippen LogP contribution in [0.4, 0.5) is 5.69 Å². The van der Waals surface area contributed by atoms with Crippen LogP contribution in [-0.2, 0) is 0 Å². The highest BCUT2D eigenvalue weighted by Crippen LogP contribution is 2.16. The number of carbonyl (C=O) groups excluding carboxylic acids is 1. The van der Waals surface area contributed by atoms with Crippen molar-refractivity contribution in [1.29, 1.82) is 0 Å². The van der Waals surface area contributed by atoms with Crippen molar-refractivity contribution in [2.45, 2.75) is 13.8 Å². The van der Waals surface area contributed by atoms with Gasteiger partial charge in [0.2, 0.25) is 0 Å². The number of carbonyl (C=O) groups is 1. The minimum absolute atomic E-state index is 0.187. The molecule has 2 N–H and O–H groups in total. The van der Waals surface area contributed by atoms with Crippen molar-refractivity contribution in [3.8, 4) is 11.8 Å². The van der Waals surface area contributed by atoms with Crippen LogP contribution in [-0.4, -0.2) is 22.6 Å². The Balaban J connectivity index is 2.20. The van der Waals surface area contributed by atoms with E-state index in [2.05, 4.69) is 22.1 Å². The smallest absolute Gasteiger partial charge is 0.275 e. The van der Waals surface area contributed by atoms with Gasteiger partial charge in [0.05, 0.1) is 5.01 Å². The molecule has 0 atom stereocenters. The number of hydrogen-bond donors (Lipinski definition) is 2. The van der Waals surface area contributed by atoms with E-state index in [1.165, 1.54) is 11.3 Å². The maximum Gasteiger partial charge on any atom is 0.275 e. The molecule has 1 aromatic carbocycles. The summed E-state index contributed by atoms with van der Waals surface area (Å²) in [6, 6.07) is 5.53. The zero-order valence-corrected chi connectivity index (χ0v) is 12.0. The summed E-state index contributed by atoms with van der Waals surface area (Å²) in [5.74, 6) is 5.18. The summed E-state index contributed by atoms with van der Waals surface area (Å²) in [6.45, 7) is 3.59. The van der Waals surface area contributed by atoms with Crippen molar-refractivity contribution in [2.75, 3.05) is 11.9 Å². The lowest BCUT2D eigenvalue weighted by Crippen LogP contribution is -2.12. The van der Waals surface area contributed by atoms with E-state index in [-0.39, 0.29) is 12.5 Å². The lowest BCUT2D eigenvalue weighted by molar-refractivity contribution is 0.102. The molecule has 2 rings (SSSR count). The van der Waals surface area contributed by atoms with E-state index in [4.69, 9.17) is 5.11 Å². The molecule has 4 nitrogen and oxygen atoms in total. The van der Waals surface area contributed by atoms with Gasteiger partial charge in [0.15, 0.2) is 0 Å². The van der Waals surface area contributed by atoms with Crippen LogP contribution in [0.25, 0.3) is 0 Å². The molecular weight excluding hydrogens is 272 g/mol. The molecule has 1 heterocycles. The maximum atomic E-state index is 12.0. The van der Waals surface area contributed by atoms with E-state index in [1.54, 1.807) is 11.4 Å². The molecule has 0 bridgehead atoms. The van der Waals surface area contributed by atoms with Crippen LogP contribution in [0.1, 0.15) is 26.6 Å². The number of rotatable bonds is 2. The van der Waals surface area contributed by atoms with Gasteiger partial charge in [0.25, 0.3) is 5.91 Å². The SMILES string of the molecule is Cc1cc(C#CCO)cc(NC(=O)c2csc(C)n2)c1. The van der Waals surface area contributed by atoms with Crippen LogP contribution >= 0.6 is 11.3 Å². The van der Waals surface area contributed by atoms with Crippen molar-refractivity contribution in [3.63, 3.8) is 0 Å². The Bertz CT molecular complexity index is 695. The number of nitrogens with one attached hydrogen (secondary N) is 1. The Labute approximate surface area is 121 Å². The first-order chi connectivity index (χ1) is 9.58. The van der Waals surface area contributed by atoms with Gasteiger partial charge in [-0.2, -0.15) is 0 Å². The maximum absolute atomic E-state index is 12.0. The molecule has 1 aromatic heterocycles. The number of nitrogens with zero attached hydrogens (tertiary/aromatic N) is 1. The van der Waals surface area contributed by atoms with Crippen LogP contribution in [0.2, 0.25) is 0 Å². The van der Waals surface area contributed by atoms with Crippen molar-refractivity contribution in [2.24, 2.45) is 0 Å². The second-order valence-corrected chi connectivity index (χ2v) is 5.32. The number of aryl methyl sites for hydroxylation is 2. The fourth-order valence-corrected chi connectivity index (χ4v) is 2.32. The zero-order valence-electron chi connectivity index (χ0n) is 11.2. The van der Waals surface area contributed by atoms with Crippen molar-refractivity contribution < 1.29 is 9.90 Å². The van der Waals surface area contributed by atoms with Crippen LogP contribution in [0, 0.1) is 25.7 Å². The first kappa shape index (κ1) is 14.3. The average molecular weight is 286 g/mol. The third kappa shape index (κ3) is 3.67. The minimum atomic E-state index is -0.235. The molecule has 0 aliphatic carbocycles. The van der Waals surface area contributed by atoms with Gasteiger partial charge in [0.1, 0.15) is 12.3 Å². The van der Waals surface area contributed by atoms with Crippen LogP contribution in [0.5, 0.6) is 0 Å². The standard InChI is InChI=1S/C15H14N2O2S/c1-10-6-12(4-3-5-18)8-13(7-10)17-15(19)14-9-20-11(2)16-14/h6-9,18H,5H2,1-2H3,(H,17,19). The predicted octanol–water partition coefficient (Wildman–Crippen LogP) is 2.36. The largest absolute Gasteiger partial charge is 0.384 e. The van der Waals surface area contributed by atoms with Gasteiger partial charge in [0, 0.05) is 16.6 Å².